The molecule has 0 unspecified atom stereocenters. The monoisotopic (exact) mass is 329 g/mol. The molecular formula is C16H15N3O3S. The zero-order chi connectivity index (χ0) is 16.2. The Balaban J connectivity index is 1.75. The van der Waals surface area contributed by atoms with Gasteiger partial charge < -0.3 is 14.7 Å². The number of rotatable bonds is 6. The van der Waals surface area contributed by atoms with E-state index in [2.05, 4.69) is 15.0 Å². The highest BCUT2D eigenvalue weighted by Gasteiger charge is 2.13. The Bertz CT molecular complexity index is 901. The minimum atomic E-state index is -0.255. The van der Waals surface area contributed by atoms with Crippen LogP contribution in [0.1, 0.15) is 16.1 Å². The van der Waals surface area contributed by atoms with Crippen LogP contribution < -0.4 is 5.56 Å². The lowest BCUT2D eigenvalue weighted by atomic mass is 10.1. The van der Waals surface area contributed by atoms with E-state index in [0.29, 0.717) is 16.4 Å². The topological polar surface area (TPSA) is 87.8 Å². The van der Waals surface area contributed by atoms with E-state index in [1.807, 2.05) is 24.3 Å². The second kappa shape index (κ2) is 6.80. The van der Waals surface area contributed by atoms with E-state index in [4.69, 9.17) is 4.74 Å². The number of H-pyrrole nitrogens is 2. The average Bonchev–Trinajstić information content (AvgIpc) is 2.96. The lowest BCUT2D eigenvalue weighted by molar-refractivity contribution is 0.102. The first-order valence-electron chi connectivity index (χ1n) is 6.98. The number of methoxy groups -OCH3 is 1. The van der Waals surface area contributed by atoms with Crippen molar-refractivity contribution in [2.45, 2.75) is 11.8 Å². The Hall–Kier alpha value is -2.38. The number of hydrogen-bond donors (Lipinski definition) is 2. The Kier molecular flexibility index (Phi) is 4.59. The maximum atomic E-state index is 12.4. The number of Topliss-reactive ketones (excluding diaryl/α,β-unsaturated/α-hetero) is 1. The lowest BCUT2D eigenvalue weighted by Crippen LogP contribution is -2.11. The van der Waals surface area contributed by atoms with Crippen LogP contribution >= 0.6 is 11.8 Å². The van der Waals surface area contributed by atoms with Gasteiger partial charge in [-0.2, -0.15) is 0 Å². The molecule has 0 radical (unpaired) electrons. The van der Waals surface area contributed by atoms with Crippen molar-refractivity contribution < 1.29 is 9.53 Å². The number of nitrogens with one attached hydrogen (secondary N) is 2. The molecule has 2 N–H and O–H groups in total. The predicted octanol–water partition coefficient (Wildman–Crippen LogP) is 2.37. The largest absolute Gasteiger partial charge is 0.378 e. The molecule has 0 fully saturated rings. The van der Waals surface area contributed by atoms with Crippen LogP contribution in [-0.4, -0.2) is 33.6 Å². The summed E-state index contributed by atoms with van der Waals surface area (Å²) in [4.78, 5) is 34.0. The van der Waals surface area contributed by atoms with Crippen LogP contribution in [0.15, 0.2) is 46.5 Å². The highest BCUT2D eigenvalue weighted by molar-refractivity contribution is 7.99. The van der Waals surface area contributed by atoms with E-state index in [1.165, 1.54) is 24.9 Å². The fourth-order valence-corrected chi connectivity index (χ4v) is 3.07. The molecular weight excluding hydrogens is 314 g/mol. The first-order chi connectivity index (χ1) is 11.2. The quantitative estimate of drug-likeness (QED) is 0.412. The third-order valence-corrected chi connectivity index (χ3v) is 4.17. The van der Waals surface area contributed by atoms with Gasteiger partial charge in [-0.15, -0.1) is 0 Å². The van der Waals surface area contributed by atoms with Gasteiger partial charge in [0.15, 0.2) is 10.9 Å². The first-order valence-corrected chi connectivity index (χ1v) is 7.97. The fraction of sp³-hybridized carbons (Fsp3) is 0.188. The summed E-state index contributed by atoms with van der Waals surface area (Å²) in [5.74, 6) is 0.175. The van der Waals surface area contributed by atoms with Crippen LogP contribution in [0.25, 0.3) is 10.9 Å². The summed E-state index contributed by atoms with van der Waals surface area (Å²) in [6.07, 6.45) is 1.71. The summed E-state index contributed by atoms with van der Waals surface area (Å²) < 4.78 is 4.97. The molecule has 0 saturated heterocycles. The third-order valence-electron chi connectivity index (χ3n) is 3.29. The zero-order valence-electron chi connectivity index (χ0n) is 12.5. The molecule has 2 heterocycles. The molecule has 0 atom stereocenters. The normalized spacial score (nSPS) is 11.0. The van der Waals surface area contributed by atoms with Crippen molar-refractivity contribution in [3.05, 3.63) is 58.1 Å². The molecule has 0 saturated carbocycles. The zero-order valence-corrected chi connectivity index (χ0v) is 13.3. The van der Waals surface area contributed by atoms with Crippen LogP contribution in [0.3, 0.4) is 0 Å². The molecule has 0 aliphatic rings. The van der Waals surface area contributed by atoms with Crippen LogP contribution in [0.5, 0.6) is 0 Å². The van der Waals surface area contributed by atoms with E-state index in [1.54, 1.807) is 6.20 Å². The van der Waals surface area contributed by atoms with Crippen molar-refractivity contribution in [1.82, 2.24) is 15.0 Å². The van der Waals surface area contributed by atoms with Gasteiger partial charge in [0.25, 0.3) is 5.56 Å². The van der Waals surface area contributed by atoms with Gasteiger partial charge in [0.1, 0.15) is 0 Å². The highest BCUT2D eigenvalue weighted by Crippen LogP contribution is 2.21. The van der Waals surface area contributed by atoms with Gasteiger partial charge in [-0.1, -0.05) is 30.0 Å². The Morgan fingerprint density at radius 3 is 3.00 bits per heavy atom. The van der Waals surface area contributed by atoms with Gasteiger partial charge in [0.2, 0.25) is 0 Å². The number of thioether (sulfide) groups is 1. The van der Waals surface area contributed by atoms with Crippen molar-refractivity contribution in [1.29, 1.82) is 0 Å². The van der Waals surface area contributed by atoms with Crippen molar-refractivity contribution in [2.75, 3.05) is 12.9 Å². The Morgan fingerprint density at radius 2 is 2.17 bits per heavy atom. The van der Waals surface area contributed by atoms with Crippen molar-refractivity contribution >= 4 is 28.4 Å². The molecule has 3 aromatic rings. The van der Waals surface area contributed by atoms with Crippen LogP contribution in [0.2, 0.25) is 0 Å². The summed E-state index contributed by atoms with van der Waals surface area (Å²) >= 11 is 1.20. The second-order valence-corrected chi connectivity index (χ2v) is 5.90. The van der Waals surface area contributed by atoms with Gasteiger partial charge >= 0.3 is 0 Å². The van der Waals surface area contributed by atoms with Gasteiger partial charge in [-0.25, -0.2) is 4.98 Å². The Labute approximate surface area is 136 Å². The molecule has 3 rings (SSSR count). The summed E-state index contributed by atoms with van der Waals surface area (Å²) in [5, 5.41) is 1.31. The number of carbonyl (C=O) groups excluding carboxylic acids is 1. The SMILES string of the molecule is COCc1cc(=O)[nH]c(SCC(=O)c2c[nH]c3ccccc23)n1. The molecule has 2 aromatic heterocycles. The van der Waals surface area contributed by atoms with Crippen molar-refractivity contribution in [2.24, 2.45) is 0 Å². The molecule has 0 aliphatic heterocycles. The molecule has 0 bridgehead atoms. The second-order valence-electron chi connectivity index (χ2n) is 4.93. The number of aromatic nitrogens is 3. The van der Waals surface area contributed by atoms with E-state index >= 15 is 0 Å². The van der Waals surface area contributed by atoms with E-state index in [-0.39, 0.29) is 23.7 Å². The lowest BCUT2D eigenvalue weighted by Gasteiger charge is -2.03. The van der Waals surface area contributed by atoms with E-state index < -0.39 is 0 Å². The fourth-order valence-electron chi connectivity index (χ4n) is 2.29. The van der Waals surface area contributed by atoms with Crippen LogP contribution in [-0.2, 0) is 11.3 Å². The predicted molar refractivity (Wildman–Crippen MR) is 88.9 cm³/mol. The van der Waals surface area contributed by atoms with Gasteiger partial charge in [0.05, 0.1) is 18.1 Å². The number of nitrogens with zero attached hydrogens (tertiary/aromatic N) is 1. The standard InChI is InChI=1S/C16H15N3O3S/c1-22-8-10-6-15(21)19-16(18-10)23-9-14(20)12-7-17-13-5-3-2-4-11(12)13/h2-7,17H,8-9H2,1H3,(H,18,19,21). The number of carbonyl (C=O) groups is 1. The molecule has 0 aliphatic carbocycles. The molecule has 0 spiro atoms. The average molecular weight is 329 g/mol. The smallest absolute Gasteiger partial charge is 0.251 e. The van der Waals surface area contributed by atoms with Crippen LogP contribution in [0.4, 0.5) is 0 Å². The summed E-state index contributed by atoms with van der Waals surface area (Å²) in [6.45, 7) is 0.258. The number of aromatic amines is 2. The summed E-state index contributed by atoms with van der Waals surface area (Å²) in [7, 11) is 1.54. The minimum Gasteiger partial charge on any atom is -0.378 e. The third kappa shape index (κ3) is 3.52. The van der Waals surface area contributed by atoms with E-state index in [0.717, 1.165) is 10.9 Å². The van der Waals surface area contributed by atoms with Crippen molar-refractivity contribution in [3.63, 3.8) is 0 Å². The molecule has 23 heavy (non-hydrogen) atoms. The van der Waals surface area contributed by atoms with Gasteiger partial charge in [-0.3, -0.25) is 9.59 Å². The molecule has 6 nitrogen and oxygen atoms in total. The minimum absolute atomic E-state index is 0.0211. The van der Waals surface area contributed by atoms with Gasteiger partial charge in [-0.05, 0) is 6.07 Å². The maximum absolute atomic E-state index is 12.4. The van der Waals surface area contributed by atoms with Crippen LogP contribution in [0, 0.1) is 0 Å². The summed E-state index contributed by atoms with van der Waals surface area (Å²) in [5.41, 5.74) is 1.85. The Morgan fingerprint density at radius 1 is 1.35 bits per heavy atom. The molecule has 1 aromatic carbocycles. The number of para-hydroxylation sites is 1. The highest BCUT2D eigenvalue weighted by atomic mass is 32.2. The number of ether oxygens (including phenoxy) is 1. The molecule has 118 valence electrons. The van der Waals surface area contributed by atoms with Gasteiger partial charge in [0, 0.05) is 35.8 Å². The molecule has 0 amide bonds. The maximum Gasteiger partial charge on any atom is 0.251 e. The molecule has 7 heteroatoms. The first kappa shape index (κ1) is 15.5. The number of fused-ring (bicyclic) bond motifs is 1. The number of ketones is 1. The number of benzene rings is 1. The number of hydrogen-bond acceptors (Lipinski definition) is 5. The van der Waals surface area contributed by atoms with E-state index in [9.17, 15) is 9.59 Å². The van der Waals surface area contributed by atoms with Crippen molar-refractivity contribution in [3.8, 4) is 0 Å². The summed E-state index contributed by atoms with van der Waals surface area (Å²) in [6, 6.07) is 9.02.